The minimum Gasteiger partial charge on any atom is -0.326 e. The number of nitrogens with two attached hydrogens (primary N) is 1. The molecule has 0 aromatic heterocycles. The molecule has 1 heterocycles. The maximum absolute atomic E-state index is 6.40. The van der Waals surface area contributed by atoms with E-state index in [-0.39, 0.29) is 0 Å². The second-order valence-electron chi connectivity index (χ2n) is 5.78. The van der Waals surface area contributed by atoms with Crippen LogP contribution in [0.5, 0.6) is 0 Å². The van der Waals surface area contributed by atoms with Crippen molar-refractivity contribution in [2.24, 2.45) is 5.73 Å². The number of benzene rings is 1. The predicted molar refractivity (Wildman–Crippen MR) is 85.9 cm³/mol. The highest BCUT2D eigenvalue weighted by atomic mass is 35.5. The zero-order chi connectivity index (χ0) is 14.5. The molecule has 2 N–H and O–H groups in total. The highest BCUT2D eigenvalue weighted by Gasteiger charge is 2.22. The van der Waals surface area contributed by atoms with Gasteiger partial charge in [0, 0.05) is 37.2 Å². The SMILES string of the molecule is CCC1CN(C)CCCN1Cc1ccc(CN)cc1Cl. The van der Waals surface area contributed by atoms with Gasteiger partial charge in [-0.15, -0.1) is 0 Å². The Labute approximate surface area is 127 Å². The van der Waals surface area contributed by atoms with Crippen molar-refractivity contribution in [2.75, 3.05) is 26.7 Å². The maximum Gasteiger partial charge on any atom is 0.0454 e. The van der Waals surface area contributed by atoms with E-state index in [1.54, 1.807) is 0 Å². The van der Waals surface area contributed by atoms with Crippen LogP contribution in [-0.4, -0.2) is 42.5 Å². The van der Waals surface area contributed by atoms with Gasteiger partial charge in [-0.05, 0) is 43.6 Å². The summed E-state index contributed by atoms with van der Waals surface area (Å²) in [6, 6.07) is 6.84. The fraction of sp³-hybridized carbons (Fsp3) is 0.625. The van der Waals surface area contributed by atoms with Gasteiger partial charge in [0.1, 0.15) is 0 Å². The molecule has 1 saturated heterocycles. The first-order valence-corrected chi connectivity index (χ1v) is 7.91. The smallest absolute Gasteiger partial charge is 0.0454 e. The molecule has 1 fully saturated rings. The van der Waals surface area contributed by atoms with Crippen LogP contribution in [-0.2, 0) is 13.1 Å². The molecule has 0 spiro atoms. The monoisotopic (exact) mass is 295 g/mol. The Morgan fingerprint density at radius 3 is 2.80 bits per heavy atom. The number of rotatable bonds is 4. The molecular weight excluding hydrogens is 270 g/mol. The molecule has 112 valence electrons. The molecule has 1 aliphatic heterocycles. The Morgan fingerprint density at radius 1 is 1.35 bits per heavy atom. The van der Waals surface area contributed by atoms with Crippen molar-refractivity contribution in [3.8, 4) is 0 Å². The van der Waals surface area contributed by atoms with E-state index in [1.165, 1.54) is 24.9 Å². The van der Waals surface area contributed by atoms with E-state index in [0.29, 0.717) is 12.6 Å². The Morgan fingerprint density at radius 2 is 2.15 bits per heavy atom. The second kappa shape index (κ2) is 7.41. The van der Waals surface area contributed by atoms with Crippen molar-refractivity contribution in [2.45, 2.75) is 38.9 Å². The lowest BCUT2D eigenvalue weighted by Gasteiger charge is -2.30. The molecule has 1 aliphatic rings. The number of likely N-dealkylation sites (N-methyl/N-ethyl adjacent to an activating group) is 1. The molecule has 1 atom stereocenters. The zero-order valence-electron chi connectivity index (χ0n) is 12.6. The largest absolute Gasteiger partial charge is 0.326 e. The third-order valence-corrected chi connectivity index (χ3v) is 4.57. The van der Waals surface area contributed by atoms with E-state index in [4.69, 9.17) is 17.3 Å². The van der Waals surface area contributed by atoms with Crippen LogP contribution in [0.15, 0.2) is 18.2 Å². The van der Waals surface area contributed by atoms with Crippen molar-refractivity contribution >= 4 is 11.6 Å². The van der Waals surface area contributed by atoms with Gasteiger partial charge in [0.05, 0.1) is 0 Å². The van der Waals surface area contributed by atoms with Crippen molar-refractivity contribution < 1.29 is 0 Å². The summed E-state index contributed by atoms with van der Waals surface area (Å²) in [4.78, 5) is 5.01. The summed E-state index contributed by atoms with van der Waals surface area (Å²) in [5.74, 6) is 0. The van der Waals surface area contributed by atoms with E-state index in [2.05, 4.69) is 35.9 Å². The van der Waals surface area contributed by atoms with E-state index >= 15 is 0 Å². The quantitative estimate of drug-likeness (QED) is 0.927. The third-order valence-electron chi connectivity index (χ3n) is 4.22. The highest BCUT2D eigenvalue weighted by molar-refractivity contribution is 6.31. The van der Waals surface area contributed by atoms with Crippen LogP contribution >= 0.6 is 11.6 Å². The summed E-state index contributed by atoms with van der Waals surface area (Å²) in [6.07, 6.45) is 2.41. The predicted octanol–water partition coefficient (Wildman–Crippen LogP) is 2.71. The Kier molecular flexibility index (Phi) is 5.85. The van der Waals surface area contributed by atoms with E-state index in [9.17, 15) is 0 Å². The molecule has 0 amide bonds. The molecule has 1 unspecified atom stereocenters. The lowest BCUT2D eigenvalue weighted by molar-refractivity contribution is 0.176. The minimum absolute atomic E-state index is 0.548. The van der Waals surface area contributed by atoms with Gasteiger partial charge in [-0.1, -0.05) is 30.7 Å². The highest BCUT2D eigenvalue weighted by Crippen LogP contribution is 2.22. The molecule has 0 radical (unpaired) electrons. The number of hydrogen-bond donors (Lipinski definition) is 1. The van der Waals surface area contributed by atoms with Crippen LogP contribution in [0.25, 0.3) is 0 Å². The summed E-state index contributed by atoms with van der Waals surface area (Å²) in [7, 11) is 2.22. The number of nitrogens with zero attached hydrogens (tertiary/aromatic N) is 2. The summed E-state index contributed by atoms with van der Waals surface area (Å²) in [5, 5.41) is 0.848. The molecule has 2 rings (SSSR count). The van der Waals surface area contributed by atoms with Crippen molar-refractivity contribution in [3.63, 3.8) is 0 Å². The molecule has 3 nitrogen and oxygen atoms in total. The second-order valence-corrected chi connectivity index (χ2v) is 6.19. The fourth-order valence-corrected chi connectivity index (χ4v) is 3.22. The molecule has 20 heavy (non-hydrogen) atoms. The molecule has 0 bridgehead atoms. The van der Waals surface area contributed by atoms with Gasteiger partial charge in [-0.2, -0.15) is 0 Å². The molecule has 0 aliphatic carbocycles. The first-order chi connectivity index (χ1) is 9.63. The first kappa shape index (κ1) is 15.8. The molecule has 1 aromatic rings. The van der Waals surface area contributed by atoms with Crippen LogP contribution in [0, 0.1) is 0 Å². The first-order valence-electron chi connectivity index (χ1n) is 7.54. The van der Waals surface area contributed by atoms with Crippen LogP contribution < -0.4 is 5.73 Å². The lowest BCUT2D eigenvalue weighted by Crippen LogP contribution is -2.39. The minimum atomic E-state index is 0.548. The zero-order valence-corrected chi connectivity index (χ0v) is 13.4. The van der Waals surface area contributed by atoms with E-state index < -0.39 is 0 Å². The standard InChI is InChI=1S/C16H26ClN3/c1-3-15-12-19(2)7-4-8-20(15)11-14-6-5-13(10-18)9-16(14)17/h5-6,9,15H,3-4,7-8,10-12,18H2,1-2H3. The Hall–Kier alpha value is -0.610. The van der Waals surface area contributed by atoms with Crippen molar-refractivity contribution in [3.05, 3.63) is 34.3 Å². The fourth-order valence-electron chi connectivity index (χ4n) is 2.95. The third kappa shape index (κ3) is 3.95. The summed E-state index contributed by atoms with van der Waals surface area (Å²) >= 11 is 6.40. The van der Waals surface area contributed by atoms with Crippen LogP contribution in [0.4, 0.5) is 0 Å². The van der Waals surface area contributed by atoms with Crippen molar-refractivity contribution in [1.29, 1.82) is 0 Å². The van der Waals surface area contributed by atoms with Gasteiger partial charge in [0.2, 0.25) is 0 Å². The lowest BCUT2D eigenvalue weighted by atomic mass is 10.1. The summed E-state index contributed by atoms with van der Waals surface area (Å²) < 4.78 is 0. The topological polar surface area (TPSA) is 32.5 Å². The normalized spacial score (nSPS) is 21.9. The molecule has 0 saturated carbocycles. The average Bonchev–Trinajstić information content (AvgIpc) is 2.62. The number of hydrogen-bond acceptors (Lipinski definition) is 3. The van der Waals surface area contributed by atoms with Gasteiger partial charge in [0.25, 0.3) is 0 Å². The summed E-state index contributed by atoms with van der Waals surface area (Å²) in [5.41, 5.74) is 7.97. The van der Waals surface area contributed by atoms with Crippen LogP contribution in [0.1, 0.15) is 30.9 Å². The number of halogens is 1. The molecule has 1 aromatic carbocycles. The summed E-state index contributed by atoms with van der Waals surface area (Å²) in [6.45, 7) is 7.25. The van der Waals surface area contributed by atoms with Gasteiger partial charge < -0.3 is 10.6 Å². The van der Waals surface area contributed by atoms with E-state index in [0.717, 1.165) is 30.2 Å². The van der Waals surface area contributed by atoms with E-state index in [1.807, 2.05) is 6.07 Å². The van der Waals surface area contributed by atoms with Crippen molar-refractivity contribution in [1.82, 2.24) is 9.80 Å². The molecule has 4 heteroatoms. The van der Waals surface area contributed by atoms with Crippen LogP contribution in [0.2, 0.25) is 5.02 Å². The van der Waals surface area contributed by atoms with Gasteiger partial charge in [-0.25, -0.2) is 0 Å². The van der Waals surface area contributed by atoms with Crippen LogP contribution in [0.3, 0.4) is 0 Å². The molecular formula is C16H26ClN3. The van der Waals surface area contributed by atoms with Gasteiger partial charge >= 0.3 is 0 Å². The Bertz CT molecular complexity index is 436. The maximum atomic E-state index is 6.40. The Balaban J connectivity index is 2.10. The van der Waals surface area contributed by atoms with Gasteiger partial charge in [-0.3, -0.25) is 4.90 Å². The average molecular weight is 296 g/mol. The van der Waals surface area contributed by atoms with Gasteiger partial charge in [0.15, 0.2) is 0 Å².